The summed E-state index contributed by atoms with van der Waals surface area (Å²) in [5, 5.41) is 19.2. The molecule has 0 aliphatic carbocycles. The van der Waals surface area contributed by atoms with E-state index in [1.54, 1.807) is 32.4 Å². The lowest BCUT2D eigenvalue weighted by atomic mass is 9.89. The lowest BCUT2D eigenvalue weighted by molar-refractivity contribution is -0.0965. The molecule has 1 aromatic carbocycles. The highest BCUT2D eigenvalue weighted by atomic mass is 16.6. The molecule has 1 aromatic rings. The van der Waals surface area contributed by atoms with E-state index in [2.05, 4.69) is 6.07 Å². The van der Waals surface area contributed by atoms with Gasteiger partial charge in [-0.3, -0.25) is 0 Å². The normalized spacial score (nSPS) is 20.2. The third-order valence-corrected chi connectivity index (χ3v) is 3.20. The molecule has 0 bridgehead atoms. The number of methoxy groups -OCH3 is 2. The number of aliphatic hydroxyl groups excluding tert-OH is 1. The van der Waals surface area contributed by atoms with Crippen LogP contribution < -0.4 is 4.74 Å². The number of aliphatic hydroxyl groups is 1. The van der Waals surface area contributed by atoms with Crippen molar-refractivity contribution in [2.24, 2.45) is 0 Å². The van der Waals surface area contributed by atoms with Crippen molar-refractivity contribution in [3.8, 4) is 11.8 Å². The fourth-order valence-corrected chi connectivity index (χ4v) is 2.45. The molecule has 0 saturated heterocycles. The number of nitriles is 1. The predicted molar refractivity (Wildman–Crippen MR) is 67.8 cm³/mol. The number of benzene rings is 1. The molecule has 1 aliphatic heterocycles. The topological polar surface area (TPSA) is 71.7 Å². The highest BCUT2D eigenvalue weighted by molar-refractivity contribution is 5.45. The minimum absolute atomic E-state index is 0.331. The number of ether oxygens (including phenoxy) is 3. The van der Waals surface area contributed by atoms with Gasteiger partial charge in [0.15, 0.2) is 5.60 Å². The Bertz CT molecular complexity index is 489. The van der Waals surface area contributed by atoms with Crippen molar-refractivity contribution < 1.29 is 19.3 Å². The van der Waals surface area contributed by atoms with E-state index in [0.29, 0.717) is 36.5 Å². The van der Waals surface area contributed by atoms with Crippen LogP contribution in [0.3, 0.4) is 0 Å². The van der Waals surface area contributed by atoms with E-state index < -0.39 is 11.7 Å². The Morgan fingerprint density at radius 1 is 1.42 bits per heavy atom. The maximum Gasteiger partial charge on any atom is 0.158 e. The molecular formula is C14H17NO4. The van der Waals surface area contributed by atoms with Crippen LogP contribution in [0.5, 0.6) is 5.75 Å². The van der Waals surface area contributed by atoms with Gasteiger partial charge in [-0.2, -0.15) is 5.26 Å². The first kappa shape index (κ1) is 13.8. The van der Waals surface area contributed by atoms with E-state index in [1.165, 1.54) is 0 Å². The Balaban J connectivity index is 2.35. The van der Waals surface area contributed by atoms with Crippen LogP contribution in [-0.4, -0.2) is 38.1 Å². The van der Waals surface area contributed by atoms with Gasteiger partial charge in [-0.25, -0.2) is 0 Å². The summed E-state index contributed by atoms with van der Waals surface area (Å²) in [5.74, 6) is 0.576. The van der Waals surface area contributed by atoms with Crippen LogP contribution in [0, 0.1) is 11.3 Å². The second kappa shape index (κ2) is 5.57. The SMILES string of the molecule is COCC1(COC)C[C@@H](O)c2cc(C#N)ccc2O1. The second-order valence-corrected chi connectivity index (χ2v) is 4.74. The van der Waals surface area contributed by atoms with Gasteiger partial charge in [-0.05, 0) is 18.2 Å². The molecule has 5 nitrogen and oxygen atoms in total. The van der Waals surface area contributed by atoms with Crippen LogP contribution in [0.15, 0.2) is 18.2 Å². The highest BCUT2D eigenvalue weighted by Gasteiger charge is 2.41. The van der Waals surface area contributed by atoms with E-state index >= 15 is 0 Å². The van der Waals surface area contributed by atoms with Crippen molar-refractivity contribution in [3.63, 3.8) is 0 Å². The smallest absolute Gasteiger partial charge is 0.158 e. The summed E-state index contributed by atoms with van der Waals surface area (Å²) in [7, 11) is 3.17. The lowest BCUT2D eigenvalue weighted by Crippen LogP contribution is -2.48. The minimum Gasteiger partial charge on any atom is -0.482 e. The number of hydrogen-bond acceptors (Lipinski definition) is 5. The van der Waals surface area contributed by atoms with Crippen molar-refractivity contribution in [1.82, 2.24) is 0 Å². The summed E-state index contributed by atoms with van der Waals surface area (Å²) >= 11 is 0. The first-order valence-electron chi connectivity index (χ1n) is 6.03. The maximum absolute atomic E-state index is 10.3. The number of rotatable bonds is 4. The van der Waals surface area contributed by atoms with Crippen molar-refractivity contribution in [2.75, 3.05) is 27.4 Å². The molecule has 1 aliphatic rings. The van der Waals surface area contributed by atoms with Crippen LogP contribution in [0.2, 0.25) is 0 Å². The van der Waals surface area contributed by atoms with Gasteiger partial charge >= 0.3 is 0 Å². The first-order valence-corrected chi connectivity index (χ1v) is 6.03. The van der Waals surface area contributed by atoms with E-state index in [9.17, 15) is 5.11 Å². The molecule has 1 atom stereocenters. The summed E-state index contributed by atoms with van der Waals surface area (Å²) in [6.07, 6.45) is -0.321. The van der Waals surface area contributed by atoms with E-state index in [4.69, 9.17) is 19.5 Å². The Labute approximate surface area is 112 Å². The molecule has 2 rings (SSSR count). The molecule has 0 spiro atoms. The Morgan fingerprint density at radius 3 is 2.68 bits per heavy atom. The molecule has 0 radical (unpaired) electrons. The Kier molecular flexibility index (Phi) is 4.05. The number of hydrogen-bond donors (Lipinski definition) is 1. The zero-order chi connectivity index (χ0) is 13.9. The number of nitrogens with zero attached hydrogens (tertiary/aromatic N) is 1. The Hall–Kier alpha value is -1.61. The average Bonchev–Trinajstić information content (AvgIpc) is 2.39. The molecule has 0 fully saturated rings. The third kappa shape index (κ3) is 2.71. The summed E-state index contributed by atoms with van der Waals surface area (Å²) in [6.45, 7) is 0.661. The molecule has 102 valence electrons. The van der Waals surface area contributed by atoms with E-state index in [1.807, 2.05) is 0 Å². The van der Waals surface area contributed by atoms with Crippen molar-refractivity contribution in [2.45, 2.75) is 18.1 Å². The average molecular weight is 263 g/mol. The standard InChI is InChI=1S/C14H17NO4/c1-17-8-14(9-18-2)6-12(16)11-5-10(7-15)3-4-13(11)19-14/h3-5,12,16H,6,8-9H2,1-2H3/t12-/m1/s1. The van der Waals surface area contributed by atoms with Gasteiger partial charge in [-0.15, -0.1) is 0 Å². The molecule has 19 heavy (non-hydrogen) atoms. The second-order valence-electron chi connectivity index (χ2n) is 4.74. The highest BCUT2D eigenvalue weighted by Crippen LogP contribution is 2.40. The van der Waals surface area contributed by atoms with Crippen molar-refractivity contribution in [1.29, 1.82) is 5.26 Å². The van der Waals surface area contributed by atoms with Crippen LogP contribution in [0.1, 0.15) is 23.7 Å². The van der Waals surface area contributed by atoms with Crippen LogP contribution in [-0.2, 0) is 9.47 Å². The first-order chi connectivity index (χ1) is 9.14. The van der Waals surface area contributed by atoms with Gasteiger partial charge in [-0.1, -0.05) is 0 Å². The van der Waals surface area contributed by atoms with Gasteiger partial charge in [0.1, 0.15) is 5.75 Å². The molecule has 0 unspecified atom stereocenters. The third-order valence-electron chi connectivity index (χ3n) is 3.20. The molecule has 0 aromatic heterocycles. The Morgan fingerprint density at radius 2 is 2.11 bits per heavy atom. The summed E-state index contributed by atoms with van der Waals surface area (Å²) < 4.78 is 16.3. The van der Waals surface area contributed by atoms with Gasteiger partial charge in [0.2, 0.25) is 0 Å². The van der Waals surface area contributed by atoms with Crippen LogP contribution >= 0.6 is 0 Å². The van der Waals surface area contributed by atoms with E-state index in [0.717, 1.165) is 0 Å². The fourth-order valence-electron chi connectivity index (χ4n) is 2.45. The zero-order valence-corrected chi connectivity index (χ0v) is 11.0. The van der Waals surface area contributed by atoms with Gasteiger partial charge in [0.05, 0.1) is 31.0 Å². The van der Waals surface area contributed by atoms with Gasteiger partial charge in [0.25, 0.3) is 0 Å². The quantitative estimate of drug-likeness (QED) is 0.889. The monoisotopic (exact) mass is 263 g/mol. The largest absolute Gasteiger partial charge is 0.482 e. The van der Waals surface area contributed by atoms with Crippen molar-refractivity contribution >= 4 is 0 Å². The maximum atomic E-state index is 10.3. The van der Waals surface area contributed by atoms with Gasteiger partial charge < -0.3 is 19.3 Å². The lowest BCUT2D eigenvalue weighted by Gasteiger charge is -2.39. The van der Waals surface area contributed by atoms with E-state index in [-0.39, 0.29) is 0 Å². The minimum atomic E-state index is -0.692. The molecular weight excluding hydrogens is 246 g/mol. The predicted octanol–water partition coefficient (Wildman–Crippen LogP) is 1.41. The molecule has 1 N–H and O–H groups in total. The fraction of sp³-hybridized carbons (Fsp3) is 0.500. The van der Waals surface area contributed by atoms with Crippen LogP contribution in [0.25, 0.3) is 0 Å². The zero-order valence-electron chi connectivity index (χ0n) is 11.0. The van der Waals surface area contributed by atoms with Crippen molar-refractivity contribution in [3.05, 3.63) is 29.3 Å². The molecule has 0 amide bonds. The summed E-state index contributed by atoms with van der Waals surface area (Å²) in [6, 6.07) is 7.08. The molecule has 5 heteroatoms. The van der Waals surface area contributed by atoms with Gasteiger partial charge in [0, 0.05) is 26.2 Å². The molecule has 1 heterocycles. The van der Waals surface area contributed by atoms with Crippen LogP contribution in [0.4, 0.5) is 0 Å². The number of fused-ring (bicyclic) bond motifs is 1. The summed E-state index contributed by atoms with van der Waals surface area (Å²) in [5.41, 5.74) is 0.457. The summed E-state index contributed by atoms with van der Waals surface area (Å²) in [4.78, 5) is 0. The molecule has 0 saturated carbocycles.